The fourth-order valence-corrected chi connectivity index (χ4v) is 4.75. The van der Waals surface area contributed by atoms with Crippen LogP contribution in [-0.4, -0.2) is 72.3 Å². The molecule has 4 rings (SSSR count). The van der Waals surface area contributed by atoms with Crippen LogP contribution in [0.5, 0.6) is 5.75 Å². The molecule has 1 saturated heterocycles. The summed E-state index contributed by atoms with van der Waals surface area (Å²) in [7, 11) is 3.30. The first-order chi connectivity index (χ1) is 17.0. The van der Waals surface area contributed by atoms with E-state index in [0.29, 0.717) is 53.9 Å². The quantitative estimate of drug-likeness (QED) is 0.380. The maximum absolute atomic E-state index is 13.3. The fourth-order valence-electron chi connectivity index (χ4n) is 4.46. The van der Waals surface area contributed by atoms with Gasteiger partial charge in [-0.2, -0.15) is 0 Å². The van der Waals surface area contributed by atoms with Crippen molar-refractivity contribution < 1.29 is 14.3 Å². The largest absolute Gasteiger partial charge is 0.497 e. The SMILES string of the molecule is COCCCn1c(=S)[nH]c2cc(C(=O)N3CCCN(Cc4ccc(OC)cc4)CC3)ccc2c1=O. The Bertz CT molecular complexity index is 1290. The number of fused-ring (bicyclic) bond motifs is 1. The number of rotatable bonds is 8. The molecule has 1 aliphatic heterocycles. The van der Waals surface area contributed by atoms with E-state index >= 15 is 0 Å². The van der Waals surface area contributed by atoms with Crippen LogP contribution in [-0.2, 0) is 17.8 Å². The molecule has 186 valence electrons. The number of amides is 1. The number of methoxy groups -OCH3 is 2. The highest BCUT2D eigenvalue weighted by Gasteiger charge is 2.21. The summed E-state index contributed by atoms with van der Waals surface area (Å²) in [5.41, 5.74) is 2.22. The zero-order valence-electron chi connectivity index (χ0n) is 20.3. The summed E-state index contributed by atoms with van der Waals surface area (Å²) < 4.78 is 12.2. The summed E-state index contributed by atoms with van der Waals surface area (Å²) in [6.45, 7) is 4.98. The molecule has 0 saturated carbocycles. The number of ether oxygens (including phenoxy) is 2. The lowest BCUT2D eigenvalue weighted by Gasteiger charge is -2.22. The average molecular weight is 497 g/mol. The van der Waals surface area contributed by atoms with Crippen LogP contribution >= 0.6 is 12.2 Å². The molecule has 2 heterocycles. The maximum Gasteiger partial charge on any atom is 0.262 e. The van der Waals surface area contributed by atoms with Crippen molar-refractivity contribution in [2.75, 3.05) is 47.0 Å². The Kier molecular flexibility index (Phi) is 8.33. The lowest BCUT2D eigenvalue weighted by atomic mass is 10.1. The van der Waals surface area contributed by atoms with E-state index in [2.05, 4.69) is 22.0 Å². The zero-order valence-corrected chi connectivity index (χ0v) is 21.1. The minimum Gasteiger partial charge on any atom is -0.497 e. The smallest absolute Gasteiger partial charge is 0.262 e. The van der Waals surface area contributed by atoms with Gasteiger partial charge in [-0.25, -0.2) is 0 Å². The van der Waals surface area contributed by atoms with E-state index in [0.717, 1.165) is 31.8 Å². The highest BCUT2D eigenvalue weighted by molar-refractivity contribution is 7.71. The number of hydrogen-bond donors (Lipinski definition) is 1. The van der Waals surface area contributed by atoms with Crippen molar-refractivity contribution in [1.82, 2.24) is 19.4 Å². The van der Waals surface area contributed by atoms with Gasteiger partial charge in [0.15, 0.2) is 4.77 Å². The van der Waals surface area contributed by atoms with Crippen molar-refractivity contribution in [3.8, 4) is 5.75 Å². The van der Waals surface area contributed by atoms with E-state index in [1.807, 2.05) is 17.0 Å². The van der Waals surface area contributed by atoms with Crippen LogP contribution in [0.4, 0.5) is 0 Å². The number of hydrogen-bond acceptors (Lipinski definition) is 6. The molecule has 8 nitrogen and oxygen atoms in total. The number of aromatic amines is 1. The average Bonchev–Trinajstić information content (AvgIpc) is 3.11. The van der Waals surface area contributed by atoms with Gasteiger partial charge in [0.05, 0.1) is 18.0 Å². The maximum atomic E-state index is 13.3. The number of aromatic nitrogens is 2. The molecule has 35 heavy (non-hydrogen) atoms. The first kappa shape index (κ1) is 25.1. The van der Waals surface area contributed by atoms with Crippen molar-refractivity contribution in [3.05, 3.63) is 68.7 Å². The summed E-state index contributed by atoms with van der Waals surface area (Å²) in [4.78, 5) is 33.6. The molecule has 3 aromatic rings. The Balaban J connectivity index is 1.45. The molecule has 0 atom stereocenters. The van der Waals surface area contributed by atoms with E-state index in [4.69, 9.17) is 21.7 Å². The molecule has 1 amide bonds. The summed E-state index contributed by atoms with van der Waals surface area (Å²) in [5, 5.41) is 0.522. The predicted molar refractivity (Wildman–Crippen MR) is 139 cm³/mol. The standard InChI is InChI=1S/C26H32N4O4S/c1-33-16-4-13-30-25(32)22-10-7-20(17-23(22)27-26(30)35)24(31)29-12-3-11-28(14-15-29)18-19-5-8-21(34-2)9-6-19/h5-10,17H,3-4,11-16,18H2,1-2H3,(H,27,35). The number of carbonyl (C=O) groups is 1. The van der Waals surface area contributed by atoms with Crippen LogP contribution in [0.25, 0.3) is 10.9 Å². The van der Waals surface area contributed by atoms with Crippen molar-refractivity contribution in [1.29, 1.82) is 0 Å². The highest BCUT2D eigenvalue weighted by Crippen LogP contribution is 2.17. The summed E-state index contributed by atoms with van der Waals surface area (Å²) in [6, 6.07) is 13.3. The second-order valence-electron chi connectivity index (χ2n) is 8.76. The van der Waals surface area contributed by atoms with Crippen LogP contribution in [0.2, 0.25) is 0 Å². The number of benzene rings is 2. The predicted octanol–water partition coefficient (Wildman–Crippen LogP) is 3.45. The Morgan fingerprint density at radius 1 is 1.06 bits per heavy atom. The molecule has 0 spiro atoms. The minimum absolute atomic E-state index is 0.0261. The molecule has 9 heteroatoms. The number of H-pyrrole nitrogens is 1. The molecule has 1 N–H and O–H groups in total. The molecule has 1 fully saturated rings. The van der Waals surface area contributed by atoms with Gasteiger partial charge in [-0.3, -0.25) is 19.1 Å². The number of carbonyl (C=O) groups excluding carboxylic acids is 1. The third-order valence-electron chi connectivity index (χ3n) is 6.40. The second kappa shape index (κ2) is 11.6. The number of nitrogens with zero attached hydrogens (tertiary/aromatic N) is 3. The van der Waals surface area contributed by atoms with Gasteiger partial charge in [0.25, 0.3) is 11.5 Å². The Hall–Kier alpha value is -3.01. The van der Waals surface area contributed by atoms with Crippen molar-refractivity contribution in [2.24, 2.45) is 0 Å². The van der Waals surface area contributed by atoms with Crippen LogP contribution in [0.3, 0.4) is 0 Å². The van der Waals surface area contributed by atoms with E-state index in [1.165, 1.54) is 5.56 Å². The Morgan fingerprint density at radius 3 is 2.60 bits per heavy atom. The third kappa shape index (κ3) is 5.98. The minimum atomic E-state index is -0.150. The first-order valence-electron chi connectivity index (χ1n) is 11.9. The summed E-state index contributed by atoms with van der Waals surface area (Å²) in [6.07, 6.45) is 1.60. The molecule has 0 aliphatic carbocycles. The zero-order chi connectivity index (χ0) is 24.8. The summed E-state index contributed by atoms with van der Waals surface area (Å²) >= 11 is 5.41. The van der Waals surface area contributed by atoms with Gasteiger partial charge >= 0.3 is 0 Å². The van der Waals surface area contributed by atoms with Gasteiger partial charge in [0.1, 0.15) is 5.75 Å². The van der Waals surface area contributed by atoms with Crippen molar-refractivity contribution in [2.45, 2.75) is 25.9 Å². The third-order valence-corrected chi connectivity index (χ3v) is 6.72. The summed E-state index contributed by atoms with van der Waals surface area (Å²) in [5.74, 6) is 0.823. The topological polar surface area (TPSA) is 79.8 Å². The van der Waals surface area contributed by atoms with Gasteiger partial charge in [0.2, 0.25) is 0 Å². The highest BCUT2D eigenvalue weighted by atomic mass is 32.1. The van der Waals surface area contributed by atoms with Gasteiger partial charge in [-0.05, 0) is 61.0 Å². The van der Waals surface area contributed by atoms with Crippen molar-refractivity contribution in [3.63, 3.8) is 0 Å². The van der Waals surface area contributed by atoms with Crippen LogP contribution < -0.4 is 10.3 Å². The van der Waals surface area contributed by atoms with Gasteiger partial charge in [-0.15, -0.1) is 0 Å². The molecule has 0 bridgehead atoms. The first-order valence-corrected chi connectivity index (χ1v) is 12.3. The molecule has 2 aromatic carbocycles. The molecular formula is C26H32N4O4S. The van der Waals surface area contributed by atoms with E-state index in [-0.39, 0.29) is 11.5 Å². The Morgan fingerprint density at radius 2 is 1.86 bits per heavy atom. The monoisotopic (exact) mass is 496 g/mol. The van der Waals surface area contributed by atoms with E-state index in [9.17, 15) is 9.59 Å². The normalized spacial score (nSPS) is 14.7. The van der Waals surface area contributed by atoms with Crippen LogP contribution in [0.1, 0.15) is 28.8 Å². The molecule has 0 unspecified atom stereocenters. The lowest BCUT2D eigenvalue weighted by Crippen LogP contribution is -2.35. The van der Waals surface area contributed by atoms with Gasteiger partial charge in [-0.1, -0.05) is 12.1 Å². The fraction of sp³-hybridized carbons (Fsp3) is 0.423. The molecular weight excluding hydrogens is 464 g/mol. The van der Waals surface area contributed by atoms with Crippen molar-refractivity contribution >= 4 is 29.0 Å². The van der Waals surface area contributed by atoms with E-state index < -0.39 is 0 Å². The second-order valence-corrected chi connectivity index (χ2v) is 9.15. The number of nitrogens with one attached hydrogen (secondary N) is 1. The van der Waals surface area contributed by atoms with Crippen LogP contribution in [0, 0.1) is 4.77 Å². The molecule has 0 radical (unpaired) electrons. The molecule has 1 aromatic heterocycles. The lowest BCUT2D eigenvalue weighted by molar-refractivity contribution is 0.0761. The van der Waals surface area contributed by atoms with Gasteiger partial charge in [0, 0.05) is 58.5 Å². The van der Waals surface area contributed by atoms with E-state index in [1.54, 1.807) is 37.0 Å². The Labute approximate surface area is 210 Å². The molecule has 1 aliphatic rings. The van der Waals surface area contributed by atoms with Crippen LogP contribution in [0.15, 0.2) is 47.3 Å². The van der Waals surface area contributed by atoms with Gasteiger partial charge < -0.3 is 19.4 Å².